The molecule has 6 rings (SSSR count). The molecule has 1 N–H and O–H groups in total. The van der Waals surface area contributed by atoms with Gasteiger partial charge in [0.25, 0.3) is 11.8 Å². The first-order valence-corrected chi connectivity index (χ1v) is 14.6. The number of alkyl halides is 2. The van der Waals surface area contributed by atoms with Crippen LogP contribution in [0.2, 0.25) is 20.1 Å². The number of fused-ring (bicyclic) bond motifs is 4. The third kappa shape index (κ3) is 4.78. The van der Waals surface area contributed by atoms with Gasteiger partial charge in [0, 0.05) is 45.8 Å². The van der Waals surface area contributed by atoms with Gasteiger partial charge >= 0.3 is 11.8 Å². The molecule has 1 unspecified atom stereocenters. The number of anilines is 2. The lowest BCUT2D eigenvalue weighted by molar-refractivity contribution is -0.160. The second-order valence-corrected chi connectivity index (χ2v) is 12.6. The molecule has 2 fully saturated rings. The average Bonchev–Trinajstić information content (AvgIpc) is 3.60. The van der Waals surface area contributed by atoms with Gasteiger partial charge in [-0.25, -0.2) is 13.6 Å². The van der Waals surface area contributed by atoms with E-state index in [2.05, 4.69) is 5.32 Å². The number of carbonyl (C=O) groups is 3. The number of amides is 2. The fourth-order valence-electron chi connectivity index (χ4n) is 6.58. The first kappa shape index (κ1) is 30.8. The molecule has 0 saturated carbocycles. The Balaban J connectivity index is 1.53. The number of nitrogens with zero attached hydrogens (tertiary/aromatic N) is 2. The minimum absolute atomic E-state index is 0.00334. The highest BCUT2D eigenvalue weighted by molar-refractivity contribution is 6.38. The fourth-order valence-corrected chi connectivity index (χ4v) is 7.64. The Morgan fingerprint density at radius 3 is 2.36 bits per heavy atom. The van der Waals surface area contributed by atoms with Gasteiger partial charge in [0.05, 0.1) is 23.2 Å². The monoisotopic (exact) mass is 689 g/mol. The zero-order valence-electron chi connectivity index (χ0n) is 22.8. The van der Waals surface area contributed by atoms with E-state index in [9.17, 15) is 19.2 Å². The number of ether oxygens (including phenoxy) is 1. The summed E-state index contributed by atoms with van der Waals surface area (Å²) in [7, 11) is 1.37. The number of carbonyl (C=O) groups excluding carboxylic acids is 3. The fraction of sp³-hybridized carbons (Fsp3) is 0.357. The van der Waals surface area contributed by atoms with Crippen LogP contribution >= 0.6 is 46.4 Å². The Bertz CT molecular complexity index is 1780. The van der Waals surface area contributed by atoms with Crippen LogP contribution in [0.5, 0.6) is 0 Å². The molecule has 2 saturated heterocycles. The molecule has 4 heterocycles. The van der Waals surface area contributed by atoms with E-state index in [1.54, 1.807) is 0 Å². The second kappa shape index (κ2) is 10.7. The Morgan fingerprint density at radius 2 is 1.73 bits per heavy atom. The number of esters is 1. The van der Waals surface area contributed by atoms with E-state index in [0.717, 1.165) is 9.80 Å². The Labute approximate surface area is 267 Å². The number of nitrogens with one attached hydrogen (secondary N) is 1. The normalized spacial score (nSPS) is 25.2. The number of halogens is 6. The molecule has 2 aromatic carbocycles. The molecule has 2 amide bonds. The second-order valence-electron chi connectivity index (χ2n) is 10.9. The van der Waals surface area contributed by atoms with E-state index in [-0.39, 0.29) is 48.5 Å². The zero-order chi connectivity index (χ0) is 31.9. The summed E-state index contributed by atoms with van der Waals surface area (Å²) in [5.74, 6) is -10.4. The van der Waals surface area contributed by atoms with Gasteiger partial charge in [-0.15, -0.1) is 0 Å². The molecule has 232 valence electrons. The van der Waals surface area contributed by atoms with Crippen molar-refractivity contribution in [3.05, 3.63) is 78.1 Å². The lowest BCUT2D eigenvalue weighted by Crippen LogP contribution is -2.54. The Morgan fingerprint density at radius 1 is 1.07 bits per heavy atom. The minimum Gasteiger partial charge on any atom is -0.457 e. The molecule has 44 heavy (non-hydrogen) atoms. The van der Waals surface area contributed by atoms with Gasteiger partial charge in [-0.05, 0) is 37.3 Å². The van der Waals surface area contributed by atoms with Gasteiger partial charge in [0.15, 0.2) is 18.1 Å². The maximum atomic E-state index is 15.2. The van der Waals surface area contributed by atoms with Crippen LogP contribution in [0.3, 0.4) is 0 Å². The van der Waals surface area contributed by atoms with Crippen molar-refractivity contribution in [2.75, 3.05) is 23.8 Å². The smallest absolute Gasteiger partial charge is 0.457 e. The molecule has 16 heteroatoms. The quantitative estimate of drug-likeness (QED) is 0.340. The molecule has 1 spiro atoms. The molecule has 3 aliphatic rings. The van der Waals surface area contributed by atoms with Crippen LogP contribution in [0.4, 0.5) is 20.2 Å². The average molecular weight is 691 g/mol. The van der Waals surface area contributed by atoms with E-state index in [4.69, 9.17) is 60.0 Å². The number of rotatable bonds is 5. The van der Waals surface area contributed by atoms with Crippen molar-refractivity contribution in [2.24, 2.45) is 11.8 Å². The third-order valence-corrected chi connectivity index (χ3v) is 9.28. The molecule has 0 bridgehead atoms. The summed E-state index contributed by atoms with van der Waals surface area (Å²) in [6.07, 6.45) is -0.842. The van der Waals surface area contributed by atoms with Crippen molar-refractivity contribution in [1.29, 1.82) is 0 Å². The first-order chi connectivity index (χ1) is 20.6. The highest BCUT2D eigenvalue weighted by Gasteiger charge is 2.75. The molecule has 3 aliphatic heterocycles. The van der Waals surface area contributed by atoms with Crippen LogP contribution in [0, 0.1) is 18.8 Å². The van der Waals surface area contributed by atoms with E-state index in [1.807, 2.05) is 0 Å². The summed E-state index contributed by atoms with van der Waals surface area (Å²) in [6.45, 7) is -0.148. The molecule has 0 aliphatic carbocycles. The van der Waals surface area contributed by atoms with E-state index < -0.39 is 72.5 Å². The largest absolute Gasteiger partial charge is 0.519 e. The SMILES string of the molecule is Cc1oc(=O)oc1COC(=O)[C@H]1C(C(=O)N(C)c2cc(Cl)cc(Cl)c2)[C@H]2CC(F)(F)CN2[C@]12C(=O)Nc1c(Cl)cc(Cl)cc12. The van der Waals surface area contributed by atoms with Crippen LogP contribution in [-0.2, 0) is 31.3 Å². The molecule has 3 aromatic rings. The molecule has 4 atom stereocenters. The lowest BCUT2D eigenvalue weighted by Gasteiger charge is -2.36. The predicted octanol–water partition coefficient (Wildman–Crippen LogP) is 5.66. The highest BCUT2D eigenvalue weighted by atomic mass is 35.5. The number of hydrogen-bond donors (Lipinski definition) is 1. The van der Waals surface area contributed by atoms with Crippen molar-refractivity contribution in [1.82, 2.24) is 4.90 Å². The van der Waals surface area contributed by atoms with Gasteiger partial charge in [0.2, 0.25) is 5.91 Å². The summed E-state index contributed by atoms with van der Waals surface area (Å²) in [4.78, 5) is 56.4. The summed E-state index contributed by atoms with van der Waals surface area (Å²) < 4.78 is 45.7. The van der Waals surface area contributed by atoms with Gasteiger partial charge in [-0.2, -0.15) is 0 Å². The topological polar surface area (TPSA) is 122 Å². The molecule has 10 nitrogen and oxygen atoms in total. The van der Waals surface area contributed by atoms with E-state index >= 15 is 8.78 Å². The van der Waals surface area contributed by atoms with Crippen molar-refractivity contribution in [3.8, 4) is 0 Å². The summed E-state index contributed by atoms with van der Waals surface area (Å²) in [6, 6.07) is 5.70. The highest BCUT2D eigenvalue weighted by Crippen LogP contribution is 2.61. The third-order valence-electron chi connectivity index (χ3n) is 8.32. The van der Waals surface area contributed by atoms with Crippen molar-refractivity contribution in [2.45, 2.75) is 37.5 Å². The minimum atomic E-state index is -3.33. The number of hydrogen-bond acceptors (Lipinski definition) is 8. The van der Waals surface area contributed by atoms with Gasteiger partial charge in [-0.3, -0.25) is 19.3 Å². The lowest BCUT2D eigenvalue weighted by atomic mass is 9.73. The summed E-state index contributed by atoms with van der Waals surface area (Å²) in [5, 5.41) is 3.08. The van der Waals surface area contributed by atoms with Gasteiger partial charge < -0.3 is 23.8 Å². The molecular formula is C28H21Cl4F2N3O7. The molecule has 1 aromatic heterocycles. The summed E-state index contributed by atoms with van der Waals surface area (Å²) >= 11 is 25.1. The van der Waals surface area contributed by atoms with Crippen LogP contribution in [0.1, 0.15) is 23.5 Å². The van der Waals surface area contributed by atoms with Crippen LogP contribution in [0.25, 0.3) is 0 Å². The summed E-state index contributed by atoms with van der Waals surface area (Å²) in [5.41, 5.74) is -1.85. The predicted molar refractivity (Wildman–Crippen MR) is 155 cm³/mol. The first-order valence-electron chi connectivity index (χ1n) is 13.1. The number of aryl methyl sites for hydroxylation is 1. The van der Waals surface area contributed by atoms with E-state index in [0.29, 0.717) is 0 Å². The maximum absolute atomic E-state index is 15.2. The maximum Gasteiger partial charge on any atom is 0.519 e. The Kier molecular flexibility index (Phi) is 7.52. The molecule has 0 radical (unpaired) electrons. The van der Waals surface area contributed by atoms with Crippen LogP contribution in [0.15, 0.2) is 44.0 Å². The number of benzene rings is 2. The van der Waals surface area contributed by atoms with E-state index in [1.165, 1.54) is 44.3 Å². The van der Waals surface area contributed by atoms with Crippen molar-refractivity contribution >= 4 is 75.6 Å². The van der Waals surface area contributed by atoms with Crippen LogP contribution in [-0.4, -0.2) is 48.2 Å². The standard InChI is InChI=1S/C28H21Cl4F2N3O7/c1-11-19(44-26(41)43-11)9-42-24(39)21-20(23(38)36(2)15-4-12(29)3-13(30)5-15)18-8-27(33,34)10-37(18)28(21)16-6-14(31)7-17(32)22(16)35-25(28)40/h3-7,18,20-21H,8-10H2,1-2H3,(H,35,40)/t18-,20?,21-,28+/m1/s1. The van der Waals surface area contributed by atoms with Gasteiger partial charge in [0.1, 0.15) is 11.5 Å². The van der Waals surface area contributed by atoms with Crippen molar-refractivity contribution in [3.63, 3.8) is 0 Å². The molecular weight excluding hydrogens is 670 g/mol. The Hall–Kier alpha value is -3.16. The zero-order valence-corrected chi connectivity index (χ0v) is 25.8. The van der Waals surface area contributed by atoms with Gasteiger partial charge in [-0.1, -0.05) is 46.4 Å². The van der Waals surface area contributed by atoms with Crippen molar-refractivity contribution < 1.29 is 36.7 Å². The van der Waals surface area contributed by atoms with Crippen LogP contribution < -0.4 is 16.0 Å².